The van der Waals surface area contributed by atoms with Crippen LogP contribution >= 0.6 is 23.2 Å². The monoisotopic (exact) mass is 403 g/mol. The largest absolute Gasteiger partial charge is 0.490 e. The molecule has 27 heavy (non-hydrogen) atoms. The molecule has 0 amide bonds. The van der Waals surface area contributed by atoms with Gasteiger partial charge < -0.3 is 15.0 Å². The quantitative estimate of drug-likeness (QED) is 0.572. The highest BCUT2D eigenvalue weighted by Gasteiger charge is 2.10. The third-order valence-electron chi connectivity index (χ3n) is 4.19. The lowest BCUT2D eigenvalue weighted by Gasteiger charge is -2.15. The number of hydrogen-bond acceptors (Lipinski definition) is 4. The second-order valence-electron chi connectivity index (χ2n) is 6.72. The minimum Gasteiger partial charge on any atom is -0.490 e. The van der Waals surface area contributed by atoms with Gasteiger partial charge in [-0.2, -0.15) is 0 Å². The van der Waals surface area contributed by atoms with Crippen molar-refractivity contribution in [2.24, 2.45) is 0 Å². The summed E-state index contributed by atoms with van der Waals surface area (Å²) in [6.07, 6.45) is 0. The Bertz CT molecular complexity index is 944. The van der Waals surface area contributed by atoms with Crippen molar-refractivity contribution < 1.29 is 4.74 Å². The Hall–Kier alpha value is -2.01. The number of benzene rings is 2. The number of nitrogens with one attached hydrogen (secondary N) is 1. The lowest BCUT2D eigenvalue weighted by Crippen LogP contribution is -2.19. The fourth-order valence-corrected chi connectivity index (χ4v) is 3.12. The van der Waals surface area contributed by atoms with Crippen LogP contribution in [0.4, 0.5) is 5.69 Å². The van der Waals surface area contributed by atoms with Gasteiger partial charge in [0.1, 0.15) is 17.9 Å². The van der Waals surface area contributed by atoms with E-state index in [1.165, 1.54) is 0 Å². The van der Waals surface area contributed by atoms with Crippen LogP contribution in [0.3, 0.4) is 0 Å². The number of para-hydroxylation sites is 1. The van der Waals surface area contributed by atoms with E-state index in [0.717, 1.165) is 40.1 Å². The van der Waals surface area contributed by atoms with Gasteiger partial charge in [0, 0.05) is 29.9 Å². The fourth-order valence-electron chi connectivity index (χ4n) is 2.80. The SMILES string of the molecule is Cc1cc(NCc2ccc(Cl)c(Cl)c2)c2cccc(OCCN(C)C)c2n1. The molecule has 3 aromatic rings. The van der Waals surface area contributed by atoms with Gasteiger partial charge in [0.25, 0.3) is 0 Å². The minimum atomic E-state index is 0.559. The van der Waals surface area contributed by atoms with Gasteiger partial charge in [-0.25, -0.2) is 4.98 Å². The number of anilines is 1. The Morgan fingerprint density at radius 3 is 2.63 bits per heavy atom. The molecule has 4 nitrogen and oxygen atoms in total. The van der Waals surface area contributed by atoms with E-state index >= 15 is 0 Å². The molecule has 0 aliphatic heterocycles. The van der Waals surface area contributed by atoms with Crippen molar-refractivity contribution in [2.45, 2.75) is 13.5 Å². The van der Waals surface area contributed by atoms with Gasteiger partial charge in [0.05, 0.1) is 10.0 Å². The lowest BCUT2D eigenvalue weighted by atomic mass is 10.1. The molecule has 0 fully saturated rings. The van der Waals surface area contributed by atoms with E-state index in [4.69, 9.17) is 32.9 Å². The van der Waals surface area contributed by atoms with E-state index in [1.807, 2.05) is 57.4 Å². The standard InChI is InChI=1S/C21H23Cl2N3O/c1-14-11-19(24-13-15-7-8-17(22)18(23)12-15)16-5-4-6-20(21(16)25-14)27-10-9-26(2)3/h4-8,11-12H,9-10,13H2,1-3H3,(H,24,25). The number of fused-ring (bicyclic) bond motifs is 1. The average Bonchev–Trinajstić information content (AvgIpc) is 2.62. The maximum absolute atomic E-state index is 6.12. The van der Waals surface area contributed by atoms with Gasteiger partial charge in [-0.15, -0.1) is 0 Å². The second-order valence-corrected chi connectivity index (χ2v) is 7.53. The second kappa shape index (κ2) is 8.79. The van der Waals surface area contributed by atoms with E-state index in [0.29, 0.717) is 23.2 Å². The van der Waals surface area contributed by atoms with Gasteiger partial charge in [-0.05, 0) is 50.8 Å². The summed E-state index contributed by atoms with van der Waals surface area (Å²) < 4.78 is 5.97. The Labute approximate surface area is 170 Å². The molecule has 142 valence electrons. The maximum Gasteiger partial charge on any atom is 0.145 e. The van der Waals surface area contributed by atoms with E-state index in [9.17, 15) is 0 Å². The maximum atomic E-state index is 6.12. The molecule has 2 aromatic carbocycles. The summed E-state index contributed by atoms with van der Waals surface area (Å²) in [5.41, 5.74) is 3.88. The normalized spacial score (nSPS) is 11.2. The van der Waals surface area contributed by atoms with Crippen LogP contribution in [0.15, 0.2) is 42.5 Å². The van der Waals surface area contributed by atoms with Crippen molar-refractivity contribution in [3.05, 3.63) is 63.8 Å². The van der Waals surface area contributed by atoms with E-state index in [-0.39, 0.29) is 0 Å². The first-order chi connectivity index (χ1) is 12.9. The fraction of sp³-hybridized carbons (Fsp3) is 0.286. The van der Waals surface area contributed by atoms with Gasteiger partial charge in [-0.1, -0.05) is 41.4 Å². The summed E-state index contributed by atoms with van der Waals surface area (Å²) in [7, 11) is 4.06. The zero-order valence-electron chi connectivity index (χ0n) is 15.7. The van der Waals surface area contributed by atoms with E-state index < -0.39 is 0 Å². The molecular formula is C21H23Cl2N3O. The van der Waals surface area contributed by atoms with Crippen LogP contribution in [0.1, 0.15) is 11.3 Å². The molecule has 0 aliphatic rings. The minimum absolute atomic E-state index is 0.559. The molecule has 3 rings (SSSR count). The smallest absolute Gasteiger partial charge is 0.145 e. The van der Waals surface area contributed by atoms with Crippen molar-refractivity contribution >= 4 is 39.8 Å². The molecule has 0 unspecified atom stereocenters. The summed E-state index contributed by atoms with van der Waals surface area (Å²) in [5, 5.41) is 5.64. The molecule has 0 bridgehead atoms. The van der Waals surface area contributed by atoms with Crippen LogP contribution in [0.25, 0.3) is 10.9 Å². The number of likely N-dealkylation sites (N-methyl/N-ethyl adjacent to an activating group) is 1. The lowest BCUT2D eigenvalue weighted by molar-refractivity contribution is 0.263. The van der Waals surface area contributed by atoms with Crippen LogP contribution in [0, 0.1) is 6.92 Å². The van der Waals surface area contributed by atoms with Crippen molar-refractivity contribution in [1.82, 2.24) is 9.88 Å². The van der Waals surface area contributed by atoms with Crippen LogP contribution in [-0.4, -0.2) is 37.1 Å². The number of ether oxygens (including phenoxy) is 1. The summed E-state index contributed by atoms with van der Waals surface area (Å²) in [5.74, 6) is 0.802. The molecule has 0 saturated heterocycles. The first-order valence-corrected chi connectivity index (χ1v) is 9.55. The number of aryl methyl sites for hydroxylation is 1. The number of hydrogen-bond donors (Lipinski definition) is 1. The molecular weight excluding hydrogens is 381 g/mol. The third kappa shape index (κ3) is 5.04. The number of halogens is 2. The highest BCUT2D eigenvalue weighted by molar-refractivity contribution is 6.42. The Kier molecular flexibility index (Phi) is 6.42. The van der Waals surface area contributed by atoms with Crippen molar-refractivity contribution in [3.8, 4) is 5.75 Å². The molecule has 1 N–H and O–H groups in total. The number of aromatic nitrogens is 1. The molecule has 0 aliphatic carbocycles. The summed E-state index contributed by atoms with van der Waals surface area (Å²) >= 11 is 12.1. The van der Waals surface area contributed by atoms with Crippen LogP contribution in [0.2, 0.25) is 10.0 Å². The van der Waals surface area contributed by atoms with E-state index in [1.54, 1.807) is 0 Å². The number of nitrogens with zero attached hydrogens (tertiary/aromatic N) is 2. The number of rotatable bonds is 7. The first-order valence-electron chi connectivity index (χ1n) is 8.80. The van der Waals surface area contributed by atoms with Crippen LogP contribution in [-0.2, 0) is 6.54 Å². The third-order valence-corrected chi connectivity index (χ3v) is 4.93. The predicted octanol–water partition coefficient (Wildman–Crippen LogP) is 5.40. The van der Waals surface area contributed by atoms with Gasteiger partial charge in [-0.3, -0.25) is 0 Å². The van der Waals surface area contributed by atoms with Crippen LogP contribution in [0.5, 0.6) is 5.75 Å². The summed E-state index contributed by atoms with van der Waals surface area (Å²) in [6, 6.07) is 13.7. The van der Waals surface area contributed by atoms with Gasteiger partial charge >= 0.3 is 0 Å². The molecule has 0 atom stereocenters. The van der Waals surface area contributed by atoms with Gasteiger partial charge in [0.15, 0.2) is 0 Å². The van der Waals surface area contributed by atoms with Crippen LogP contribution < -0.4 is 10.1 Å². The Morgan fingerprint density at radius 1 is 1.07 bits per heavy atom. The van der Waals surface area contributed by atoms with Crippen molar-refractivity contribution in [2.75, 3.05) is 32.6 Å². The zero-order chi connectivity index (χ0) is 19.4. The zero-order valence-corrected chi connectivity index (χ0v) is 17.2. The molecule has 0 spiro atoms. The topological polar surface area (TPSA) is 37.4 Å². The molecule has 6 heteroatoms. The average molecular weight is 404 g/mol. The highest BCUT2D eigenvalue weighted by Crippen LogP contribution is 2.31. The number of pyridine rings is 1. The molecule has 1 aromatic heterocycles. The predicted molar refractivity (Wildman–Crippen MR) is 114 cm³/mol. The van der Waals surface area contributed by atoms with E-state index in [2.05, 4.69) is 16.3 Å². The molecule has 0 saturated carbocycles. The summed E-state index contributed by atoms with van der Waals surface area (Å²) in [6.45, 7) is 4.10. The molecule has 0 radical (unpaired) electrons. The summed E-state index contributed by atoms with van der Waals surface area (Å²) in [4.78, 5) is 6.79. The van der Waals surface area contributed by atoms with Gasteiger partial charge in [0.2, 0.25) is 0 Å². The molecule has 1 heterocycles. The first kappa shape index (κ1) is 19.7. The van der Waals surface area contributed by atoms with Crippen molar-refractivity contribution in [3.63, 3.8) is 0 Å². The van der Waals surface area contributed by atoms with Crippen molar-refractivity contribution in [1.29, 1.82) is 0 Å². The Balaban J connectivity index is 1.85. The Morgan fingerprint density at radius 2 is 1.89 bits per heavy atom. The highest BCUT2D eigenvalue weighted by atomic mass is 35.5.